The molecule has 6 nitrogen and oxygen atoms in total. The zero-order valence-corrected chi connectivity index (χ0v) is 15.9. The summed E-state index contributed by atoms with van der Waals surface area (Å²) >= 11 is 0. The summed E-state index contributed by atoms with van der Waals surface area (Å²) in [6, 6.07) is 8.51. The van der Waals surface area contributed by atoms with Crippen molar-refractivity contribution in [2.45, 2.75) is 19.9 Å². The molecule has 0 amide bonds. The minimum Gasteiger partial charge on any atom is -0.379 e. The van der Waals surface area contributed by atoms with Crippen molar-refractivity contribution in [1.29, 1.82) is 0 Å². The van der Waals surface area contributed by atoms with Gasteiger partial charge in [0.1, 0.15) is 0 Å². The predicted molar refractivity (Wildman–Crippen MR) is 105 cm³/mol. The van der Waals surface area contributed by atoms with Crippen LogP contribution in [0.25, 0.3) is 0 Å². The topological polar surface area (TPSA) is 52.1 Å². The van der Waals surface area contributed by atoms with Crippen LogP contribution in [0.3, 0.4) is 0 Å². The largest absolute Gasteiger partial charge is 0.379 e. The summed E-state index contributed by atoms with van der Waals surface area (Å²) in [5.41, 5.74) is 2.42. The Morgan fingerprint density at radius 3 is 2.76 bits per heavy atom. The Kier molecular flexibility index (Phi) is 8.55. The Labute approximate surface area is 152 Å². The van der Waals surface area contributed by atoms with Crippen molar-refractivity contribution in [3.05, 3.63) is 29.8 Å². The number of aliphatic imine (C=N–C) groups is 1. The standard InChI is InChI=1S/C19H33N5O/c1-4-20-19(21-9-6-10-24-11-13-25-14-12-24)22-16-17-7-5-8-18(15-17)23(2)3/h5,7-8,15H,4,6,9-14,16H2,1-3H3,(H2,20,21,22). The molecular formula is C19H33N5O. The van der Waals surface area contributed by atoms with Gasteiger partial charge in [0.25, 0.3) is 0 Å². The number of hydrogen-bond donors (Lipinski definition) is 2. The van der Waals surface area contributed by atoms with Gasteiger partial charge in [-0.15, -0.1) is 0 Å². The van der Waals surface area contributed by atoms with E-state index in [1.54, 1.807) is 0 Å². The van der Waals surface area contributed by atoms with Crippen molar-refractivity contribution < 1.29 is 4.74 Å². The summed E-state index contributed by atoms with van der Waals surface area (Å²) in [6.07, 6.45) is 1.11. The molecule has 0 radical (unpaired) electrons. The van der Waals surface area contributed by atoms with Crippen LogP contribution in [0.5, 0.6) is 0 Å². The number of ether oxygens (including phenoxy) is 1. The number of morpholine rings is 1. The average molecular weight is 348 g/mol. The highest BCUT2D eigenvalue weighted by atomic mass is 16.5. The van der Waals surface area contributed by atoms with Crippen LogP contribution in [-0.2, 0) is 11.3 Å². The second kappa shape index (κ2) is 10.9. The maximum atomic E-state index is 5.38. The quantitative estimate of drug-likeness (QED) is 0.424. The lowest BCUT2D eigenvalue weighted by Crippen LogP contribution is -2.40. The second-order valence-electron chi connectivity index (χ2n) is 6.49. The first-order valence-corrected chi connectivity index (χ1v) is 9.27. The molecule has 2 rings (SSSR count). The SMILES string of the molecule is CCNC(=NCc1cccc(N(C)C)c1)NCCCN1CCOCC1. The highest BCUT2D eigenvalue weighted by Gasteiger charge is 2.09. The van der Waals surface area contributed by atoms with Crippen LogP contribution in [0.4, 0.5) is 5.69 Å². The molecular weight excluding hydrogens is 314 g/mol. The molecule has 1 aromatic rings. The van der Waals surface area contributed by atoms with Gasteiger partial charge in [-0.2, -0.15) is 0 Å². The van der Waals surface area contributed by atoms with Crippen molar-refractivity contribution in [3.63, 3.8) is 0 Å². The van der Waals surface area contributed by atoms with E-state index in [4.69, 9.17) is 9.73 Å². The average Bonchev–Trinajstić information content (AvgIpc) is 2.64. The van der Waals surface area contributed by atoms with E-state index in [0.29, 0.717) is 6.54 Å². The molecule has 140 valence electrons. The smallest absolute Gasteiger partial charge is 0.191 e. The van der Waals surface area contributed by atoms with Gasteiger partial charge >= 0.3 is 0 Å². The molecule has 0 bridgehead atoms. The van der Waals surface area contributed by atoms with Gasteiger partial charge < -0.3 is 20.3 Å². The predicted octanol–water partition coefficient (Wildman–Crippen LogP) is 1.53. The Bertz CT molecular complexity index is 526. The number of anilines is 1. The van der Waals surface area contributed by atoms with Crippen molar-refractivity contribution in [1.82, 2.24) is 15.5 Å². The Morgan fingerprint density at radius 2 is 2.04 bits per heavy atom. The molecule has 1 saturated heterocycles. The Balaban J connectivity index is 1.78. The fourth-order valence-electron chi connectivity index (χ4n) is 2.78. The maximum absolute atomic E-state index is 5.38. The summed E-state index contributed by atoms with van der Waals surface area (Å²) in [4.78, 5) is 9.28. The third kappa shape index (κ3) is 7.32. The number of nitrogens with one attached hydrogen (secondary N) is 2. The molecule has 25 heavy (non-hydrogen) atoms. The van der Waals surface area contributed by atoms with Gasteiger partial charge in [-0.25, -0.2) is 4.99 Å². The first-order chi connectivity index (χ1) is 12.2. The molecule has 0 atom stereocenters. The summed E-state index contributed by atoms with van der Waals surface area (Å²) in [6.45, 7) is 9.52. The lowest BCUT2D eigenvalue weighted by atomic mass is 10.2. The summed E-state index contributed by atoms with van der Waals surface area (Å²) < 4.78 is 5.38. The molecule has 0 unspecified atom stereocenters. The zero-order chi connectivity index (χ0) is 17.9. The van der Waals surface area contributed by atoms with Crippen molar-refractivity contribution in [2.75, 3.05) is 64.9 Å². The molecule has 1 heterocycles. The van der Waals surface area contributed by atoms with Crippen LogP contribution >= 0.6 is 0 Å². The van der Waals surface area contributed by atoms with Crippen LogP contribution in [0.2, 0.25) is 0 Å². The van der Waals surface area contributed by atoms with E-state index in [1.165, 1.54) is 11.3 Å². The zero-order valence-electron chi connectivity index (χ0n) is 15.9. The first-order valence-electron chi connectivity index (χ1n) is 9.27. The fourth-order valence-corrected chi connectivity index (χ4v) is 2.78. The van der Waals surface area contributed by atoms with Gasteiger partial charge in [0, 0.05) is 46.0 Å². The number of rotatable bonds is 8. The van der Waals surface area contributed by atoms with Crippen molar-refractivity contribution in [3.8, 4) is 0 Å². The maximum Gasteiger partial charge on any atom is 0.191 e. The monoisotopic (exact) mass is 347 g/mol. The van der Waals surface area contributed by atoms with Crippen LogP contribution in [0.1, 0.15) is 18.9 Å². The molecule has 2 N–H and O–H groups in total. The van der Waals surface area contributed by atoms with E-state index < -0.39 is 0 Å². The van der Waals surface area contributed by atoms with Gasteiger partial charge in [-0.1, -0.05) is 12.1 Å². The van der Waals surface area contributed by atoms with Gasteiger partial charge in [-0.3, -0.25) is 4.90 Å². The molecule has 1 aliphatic rings. The van der Waals surface area contributed by atoms with Crippen LogP contribution in [0.15, 0.2) is 29.3 Å². The van der Waals surface area contributed by atoms with Gasteiger partial charge in [-0.05, 0) is 37.6 Å². The highest BCUT2D eigenvalue weighted by Crippen LogP contribution is 2.13. The van der Waals surface area contributed by atoms with Crippen molar-refractivity contribution in [2.24, 2.45) is 4.99 Å². The molecule has 0 aliphatic carbocycles. The number of benzene rings is 1. The molecule has 1 fully saturated rings. The lowest BCUT2D eigenvalue weighted by molar-refractivity contribution is 0.0376. The second-order valence-corrected chi connectivity index (χ2v) is 6.49. The molecule has 1 aliphatic heterocycles. The normalized spacial score (nSPS) is 15.9. The number of nitrogens with zero attached hydrogens (tertiary/aromatic N) is 3. The minimum atomic E-state index is 0.681. The summed E-state index contributed by atoms with van der Waals surface area (Å²) in [5, 5.41) is 6.76. The fraction of sp³-hybridized carbons (Fsp3) is 0.632. The molecule has 0 spiro atoms. The molecule has 6 heteroatoms. The lowest BCUT2D eigenvalue weighted by Gasteiger charge is -2.26. The van der Waals surface area contributed by atoms with E-state index in [9.17, 15) is 0 Å². The summed E-state index contributed by atoms with van der Waals surface area (Å²) in [7, 11) is 4.12. The van der Waals surface area contributed by atoms with Crippen LogP contribution in [-0.4, -0.2) is 70.9 Å². The van der Waals surface area contributed by atoms with Gasteiger partial charge in [0.05, 0.1) is 19.8 Å². The first kappa shape index (κ1) is 19.5. The Morgan fingerprint density at radius 1 is 1.24 bits per heavy atom. The molecule has 0 saturated carbocycles. The third-order valence-corrected chi connectivity index (χ3v) is 4.24. The molecule has 0 aromatic heterocycles. The van der Waals surface area contributed by atoms with E-state index in [1.807, 2.05) is 0 Å². The van der Waals surface area contributed by atoms with E-state index in [0.717, 1.165) is 58.3 Å². The van der Waals surface area contributed by atoms with E-state index in [2.05, 4.69) is 65.7 Å². The van der Waals surface area contributed by atoms with Gasteiger partial charge in [0.15, 0.2) is 5.96 Å². The number of hydrogen-bond acceptors (Lipinski definition) is 4. The van der Waals surface area contributed by atoms with Gasteiger partial charge in [0.2, 0.25) is 0 Å². The summed E-state index contributed by atoms with van der Waals surface area (Å²) in [5.74, 6) is 0.889. The third-order valence-electron chi connectivity index (χ3n) is 4.24. The number of guanidine groups is 1. The minimum absolute atomic E-state index is 0.681. The van der Waals surface area contributed by atoms with Crippen LogP contribution in [0, 0.1) is 0 Å². The van der Waals surface area contributed by atoms with Crippen molar-refractivity contribution >= 4 is 11.6 Å². The van der Waals surface area contributed by atoms with E-state index in [-0.39, 0.29) is 0 Å². The Hall–Kier alpha value is -1.79. The van der Waals surface area contributed by atoms with E-state index >= 15 is 0 Å². The molecule has 1 aromatic carbocycles. The highest BCUT2D eigenvalue weighted by molar-refractivity contribution is 5.79. The van der Waals surface area contributed by atoms with Crippen LogP contribution < -0.4 is 15.5 Å².